The van der Waals surface area contributed by atoms with Gasteiger partial charge in [-0.05, 0) is 18.9 Å². The first kappa shape index (κ1) is 10.8. The molecule has 0 atom stereocenters. The molecule has 1 aliphatic rings. The molecule has 0 aromatic carbocycles. The quantitative estimate of drug-likeness (QED) is 0.789. The summed E-state index contributed by atoms with van der Waals surface area (Å²) in [5.41, 5.74) is 0.521. The Morgan fingerprint density at radius 1 is 1.47 bits per heavy atom. The Hall–Kier alpha value is -0.720. The lowest BCUT2D eigenvalue weighted by molar-refractivity contribution is 0.886. The topological polar surface area (TPSA) is 36.7 Å². The van der Waals surface area contributed by atoms with Gasteiger partial charge in [0.05, 0.1) is 10.6 Å². The molecule has 2 rings (SSSR count). The molecule has 0 bridgehead atoms. The molecular weight excluding hydrogens is 228 g/mol. The van der Waals surface area contributed by atoms with E-state index in [2.05, 4.69) is 11.1 Å². The maximum atomic E-state index is 8.83. The van der Waals surface area contributed by atoms with Gasteiger partial charge in [-0.1, -0.05) is 24.4 Å². The van der Waals surface area contributed by atoms with Crippen LogP contribution < -0.4 is 0 Å². The van der Waals surface area contributed by atoms with Crippen molar-refractivity contribution in [2.45, 2.75) is 36.0 Å². The van der Waals surface area contributed by atoms with Crippen molar-refractivity contribution in [1.29, 1.82) is 5.26 Å². The number of rotatable bonds is 2. The molecule has 15 heavy (non-hydrogen) atoms. The molecule has 0 saturated heterocycles. The summed E-state index contributed by atoms with van der Waals surface area (Å²) in [6.45, 7) is 0. The van der Waals surface area contributed by atoms with Gasteiger partial charge < -0.3 is 0 Å². The van der Waals surface area contributed by atoms with Crippen LogP contribution in [0.2, 0.25) is 5.02 Å². The summed E-state index contributed by atoms with van der Waals surface area (Å²) in [4.78, 5) is 4.23. The van der Waals surface area contributed by atoms with E-state index in [1.807, 2.05) is 0 Å². The summed E-state index contributed by atoms with van der Waals surface area (Å²) in [6, 6.07) is 3.73. The second-order valence-electron chi connectivity index (χ2n) is 3.61. The Bertz CT molecular complexity index is 394. The minimum Gasteiger partial charge on any atom is -0.248 e. The smallest absolute Gasteiger partial charge is 0.116 e. The first-order chi connectivity index (χ1) is 7.31. The van der Waals surface area contributed by atoms with E-state index in [-0.39, 0.29) is 0 Å². The molecule has 1 heterocycles. The van der Waals surface area contributed by atoms with Crippen molar-refractivity contribution in [2.75, 3.05) is 0 Å². The van der Waals surface area contributed by atoms with Crippen LogP contribution >= 0.6 is 23.4 Å². The highest BCUT2D eigenvalue weighted by Gasteiger charge is 2.19. The van der Waals surface area contributed by atoms with Gasteiger partial charge in [0.2, 0.25) is 0 Å². The number of nitrogens with zero attached hydrogens (tertiary/aromatic N) is 2. The predicted molar refractivity (Wildman–Crippen MR) is 62.1 cm³/mol. The summed E-state index contributed by atoms with van der Waals surface area (Å²) in [7, 11) is 0. The Morgan fingerprint density at radius 2 is 2.20 bits per heavy atom. The van der Waals surface area contributed by atoms with Crippen LogP contribution in [0.15, 0.2) is 17.3 Å². The van der Waals surface area contributed by atoms with Gasteiger partial charge in [0.15, 0.2) is 0 Å². The highest BCUT2D eigenvalue weighted by Crippen LogP contribution is 2.37. The number of thioether (sulfide) groups is 1. The lowest BCUT2D eigenvalue weighted by Crippen LogP contribution is -1.96. The van der Waals surface area contributed by atoms with Gasteiger partial charge in [0, 0.05) is 11.4 Å². The van der Waals surface area contributed by atoms with Crippen molar-refractivity contribution >= 4 is 23.4 Å². The fourth-order valence-electron chi connectivity index (χ4n) is 1.76. The van der Waals surface area contributed by atoms with Gasteiger partial charge in [0.1, 0.15) is 11.1 Å². The minimum absolute atomic E-state index is 0.511. The van der Waals surface area contributed by atoms with Crippen molar-refractivity contribution in [2.24, 2.45) is 0 Å². The van der Waals surface area contributed by atoms with Crippen LogP contribution in [0.3, 0.4) is 0 Å². The van der Waals surface area contributed by atoms with Crippen molar-refractivity contribution in [3.05, 3.63) is 22.8 Å². The molecule has 0 aliphatic heterocycles. The van der Waals surface area contributed by atoms with Crippen LogP contribution in [0.25, 0.3) is 0 Å². The second kappa shape index (κ2) is 4.87. The fourth-order valence-corrected chi connectivity index (χ4v) is 3.26. The maximum absolute atomic E-state index is 8.83. The van der Waals surface area contributed by atoms with Gasteiger partial charge in [-0.3, -0.25) is 0 Å². The molecule has 0 unspecified atom stereocenters. The third kappa shape index (κ3) is 2.45. The lowest BCUT2D eigenvalue weighted by atomic mass is 10.3. The number of halogens is 1. The van der Waals surface area contributed by atoms with E-state index in [1.54, 1.807) is 24.0 Å². The largest absolute Gasteiger partial charge is 0.248 e. The minimum atomic E-state index is 0.511. The van der Waals surface area contributed by atoms with Gasteiger partial charge >= 0.3 is 0 Å². The van der Waals surface area contributed by atoms with Crippen molar-refractivity contribution in [1.82, 2.24) is 4.98 Å². The molecule has 1 aromatic rings. The summed E-state index contributed by atoms with van der Waals surface area (Å²) >= 11 is 7.79. The van der Waals surface area contributed by atoms with Gasteiger partial charge in [-0.15, -0.1) is 11.8 Å². The SMILES string of the molecule is N#Cc1ccnc(SC2CCCC2)c1Cl. The second-order valence-corrected chi connectivity index (χ2v) is 5.28. The standard InChI is InChI=1S/C11H11ClN2S/c12-10-8(7-13)5-6-14-11(10)15-9-3-1-2-4-9/h5-6,9H,1-4H2. The molecule has 78 valence electrons. The molecule has 4 heteroatoms. The van der Waals surface area contributed by atoms with E-state index in [0.29, 0.717) is 15.8 Å². The summed E-state index contributed by atoms with van der Waals surface area (Å²) in [5.74, 6) is 0. The first-order valence-electron chi connectivity index (χ1n) is 5.02. The maximum Gasteiger partial charge on any atom is 0.116 e. The Kier molecular flexibility index (Phi) is 3.50. The summed E-state index contributed by atoms with van der Waals surface area (Å²) in [5, 5.41) is 10.8. The normalized spacial score (nSPS) is 16.5. The number of nitriles is 1. The zero-order valence-corrected chi connectivity index (χ0v) is 9.81. The van der Waals surface area contributed by atoms with Gasteiger partial charge in [0.25, 0.3) is 0 Å². The third-order valence-electron chi connectivity index (χ3n) is 2.56. The van der Waals surface area contributed by atoms with E-state index in [4.69, 9.17) is 16.9 Å². The molecule has 0 amide bonds. The summed E-state index contributed by atoms with van der Waals surface area (Å²) < 4.78 is 0. The lowest BCUT2D eigenvalue weighted by Gasteiger charge is -2.09. The first-order valence-corrected chi connectivity index (χ1v) is 6.28. The van der Waals surface area contributed by atoms with Gasteiger partial charge in [-0.2, -0.15) is 5.26 Å². The molecule has 0 radical (unpaired) electrons. The van der Waals surface area contributed by atoms with Gasteiger partial charge in [-0.25, -0.2) is 4.98 Å². The summed E-state index contributed by atoms with van der Waals surface area (Å²) in [6.07, 6.45) is 6.72. The zero-order valence-electron chi connectivity index (χ0n) is 8.24. The van der Waals surface area contributed by atoms with Crippen LogP contribution in [-0.4, -0.2) is 10.2 Å². The number of hydrogen-bond donors (Lipinski definition) is 0. The highest BCUT2D eigenvalue weighted by atomic mass is 35.5. The molecule has 1 saturated carbocycles. The van der Waals surface area contributed by atoms with Crippen LogP contribution in [0.5, 0.6) is 0 Å². The Balaban J connectivity index is 2.17. The number of aromatic nitrogens is 1. The van der Waals surface area contributed by atoms with Crippen LogP contribution in [0.4, 0.5) is 0 Å². The Labute approximate surface area is 98.7 Å². The fraction of sp³-hybridized carbons (Fsp3) is 0.455. The molecule has 1 aliphatic carbocycles. The van der Waals surface area contributed by atoms with E-state index >= 15 is 0 Å². The predicted octanol–water partition coefficient (Wildman–Crippen LogP) is 3.64. The van der Waals surface area contributed by atoms with E-state index < -0.39 is 0 Å². The highest BCUT2D eigenvalue weighted by molar-refractivity contribution is 8.00. The molecule has 1 aromatic heterocycles. The molecule has 1 fully saturated rings. The van der Waals surface area contributed by atoms with Crippen molar-refractivity contribution < 1.29 is 0 Å². The van der Waals surface area contributed by atoms with Crippen LogP contribution in [0.1, 0.15) is 31.2 Å². The van der Waals surface area contributed by atoms with E-state index in [1.165, 1.54) is 25.7 Å². The van der Waals surface area contributed by atoms with E-state index in [9.17, 15) is 0 Å². The number of pyridine rings is 1. The third-order valence-corrected chi connectivity index (χ3v) is 4.39. The molecule has 2 nitrogen and oxygen atoms in total. The monoisotopic (exact) mass is 238 g/mol. The molecular formula is C11H11ClN2S. The molecule has 0 spiro atoms. The van der Waals surface area contributed by atoms with Crippen molar-refractivity contribution in [3.63, 3.8) is 0 Å². The van der Waals surface area contributed by atoms with E-state index in [0.717, 1.165) is 5.03 Å². The van der Waals surface area contributed by atoms with Crippen LogP contribution in [0, 0.1) is 11.3 Å². The number of hydrogen-bond acceptors (Lipinski definition) is 3. The van der Waals surface area contributed by atoms with Crippen LogP contribution in [-0.2, 0) is 0 Å². The average Bonchev–Trinajstić information content (AvgIpc) is 2.74. The zero-order chi connectivity index (χ0) is 10.7. The van der Waals surface area contributed by atoms with Crippen molar-refractivity contribution in [3.8, 4) is 6.07 Å². The average molecular weight is 239 g/mol. The Morgan fingerprint density at radius 3 is 2.87 bits per heavy atom. The molecule has 0 N–H and O–H groups in total.